The average molecular weight is 193 g/mol. The quantitative estimate of drug-likeness (QED) is 0.717. The second-order valence-electron chi connectivity index (χ2n) is 3.42. The highest BCUT2D eigenvalue weighted by atomic mass is 16.7. The van der Waals surface area contributed by atoms with Gasteiger partial charge in [-0.05, 0) is 5.56 Å². The molecule has 0 atom stereocenters. The van der Waals surface area contributed by atoms with Gasteiger partial charge in [-0.15, -0.1) is 0 Å². The maximum atomic E-state index is 5.47. The van der Waals surface area contributed by atoms with Crippen LogP contribution in [0.1, 0.15) is 11.1 Å². The molecule has 0 amide bonds. The van der Waals surface area contributed by atoms with Gasteiger partial charge in [0.25, 0.3) is 0 Å². The van der Waals surface area contributed by atoms with Crippen LogP contribution in [0.4, 0.5) is 0 Å². The fourth-order valence-electron chi connectivity index (χ4n) is 1.95. The molecule has 0 saturated heterocycles. The molecule has 0 unspecified atom stereocenters. The molecule has 0 spiro atoms. The minimum Gasteiger partial charge on any atom is -0.348 e. The second kappa shape index (κ2) is 3.69. The van der Waals surface area contributed by atoms with E-state index in [1.54, 1.807) is 14.2 Å². The third kappa shape index (κ3) is 1.34. The Morgan fingerprint density at radius 2 is 1.93 bits per heavy atom. The molecule has 0 saturated carbocycles. The van der Waals surface area contributed by atoms with Crippen LogP contribution in [-0.2, 0) is 21.8 Å². The molecule has 1 aromatic rings. The lowest BCUT2D eigenvalue weighted by molar-refractivity contribution is -0.216. The summed E-state index contributed by atoms with van der Waals surface area (Å²) < 4.78 is 10.9. The van der Waals surface area contributed by atoms with Crippen molar-refractivity contribution >= 4 is 0 Å². The van der Waals surface area contributed by atoms with E-state index in [1.165, 1.54) is 5.56 Å². The van der Waals surface area contributed by atoms with E-state index in [9.17, 15) is 0 Å². The summed E-state index contributed by atoms with van der Waals surface area (Å²) in [4.78, 5) is 0. The van der Waals surface area contributed by atoms with Crippen molar-refractivity contribution in [3.8, 4) is 0 Å². The molecular formula is C11H15NO2. The summed E-state index contributed by atoms with van der Waals surface area (Å²) in [5, 5.41) is 3.28. The summed E-state index contributed by atoms with van der Waals surface area (Å²) in [7, 11) is 3.35. The lowest BCUT2D eigenvalue weighted by Gasteiger charge is -2.36. The van der Waals surface area contributed by atoms with Crippen LogP contribution in [-0.4, -0.2) is 20.8 Å². The first kappa shape index (κ1) is 9.65. The largest absolute Gasteiger partial charge is 0.348 e. The molecule has 3 heteroatoms. The zero-order chi connectivity index (χ0) is 10.0. The van der Waals surface area contributed by atoms with Crippen LogP contribution in [0.3, 0.4) is 0 Å². The average Bonchev–Trinajstić information content (AvgIpc) is 2.28. The molecule has 14 heavy (non-hydrogen) atoms. The number of hydrogen-bond acceptors (Lipinski definition) is 3. The monoisotopic (exact) mass is 193 g/mol. The van der Waals surface area contributed by atoms with Crippen LogP contribution in [0.15, 0.2) is 24.3 Å². The van der Waals surface area contributed by atoms with Gasteiger partial charge in [0.1, 0.15) is 0 Å². The van der Waals surface area contributed by atoms with E-state index in [0.717, 1.165) is 12.1 Å². The van der Waals surface area contributed by atoms with Crippen molar-refractivity contribution in [1.82, 2.24) is 5.32 Å². The van der Waals surface area contributed by atoms with Gasteiger partial charge in [-0.25, -0.2) is 0 Å². The molecule has 1 heterocycles. The molecule has 0 bridgehead atoms. The van der Waals surface area contributed by atoms with Crippen LogP contribution >= 0.6 is 0 Å². The Balaban J connectivity index is 2.48. The van der Waals surface area contributed by atoms with Gasteiger partial charge in [0, 0.05) is 26.3 Å². The normalized spacial score (nSPS) is 19.0. The van der Waals surface area contributed by atoms with Crippen LogP contribution in [0.2, 0.25) is 0 Å². The molecule has 0 fully saturated rings. The van der Waals surface area contributed by atoms with Crippen LogP contribution in [0.25, 0.3) is 0 Å². The highest BCUT2D eigenvalue weighted by Gasteiger charge is 2.36. The van der Waals surface area contributed by atoms with Crippen molar-refractivity contribution in [3.05, 3.63) is 35.4 Å². The van der Waals surface area contributed by atoms with Gasteiger partial charge in [-0.2, -0.15) is 0 Å². The van der Waals surface area contributed by atoms with Crippen molar-refractivity contribution in [2.45, 2.75) is 12.3 Å². The molecule has 76 valence electrons. The van der Waals surface area contributed by atoms with E-state index in [4.69, 9.17) is 9.47 Å². The smallest absolute Gasteiger partial charge is 0.207 e. The summed E-state index contributed by atoms with van der Waals surface area (Å²) in [6, 6.07) is 8.19. The number of benzene rings is 1. The second-order valence-corrected chi connectivity index (χ2v) is 3.42. The van der Waals surface area contributed by atoms with E-state index in [-0.39, 0.29) is 0 Å². The highest BCUT2D eigenvalue weighted by Crippen LogP contribution is 2.31. The highest BCUT2D eigenvalue weighted by molar-refractivity contribution is 5.33. The first-order chi connectivity index (χ1) is 6.82. The van der Waals surface area contributed by atoms with Gasteiger partial charge in [0.2, 0.25) is 5.79 Å². The van der Waals surface area contributed by atoms with Crippen molar-refractivity contribution in [3.63, 3.8) is 0 Å². The molecule has 1 N–H and O–H groups in total. The van der Waals surface area contributed by atoms with Crippen LogP contribution < -0.4 is 5.32 Å². The molecule has 3 nitrogen and oxygen atoms in total. The number of fused-ring (bicyclic) bond motifs is 1. The van der Waals surface area contributed by atoms with Gasteiger partial charge in [-0.1, -0.05) is 24.3 Å². The summed E-state index contributed by atoms with van der Waals surface area (Å²) in [5.74, 6) is -0.616. The Bertz CT molecular complexity index is 321. The van der Waals surface area contributed by atoms with Crippen molar-refractivity contribution in [2.24, 2.45) is 0 Å². The van der Waals surface area contributed by atoms with Gasteiger partial charge in [0.05, 0.1) is 6.54 Å². The summed E-state index contributed by atoms with van der Waals surface area (Å²) in [5.41, 5.74) is 2.37. The number of rotatable bonds is 2. The Hall–Kier alpha value is -0.900. The lowest BCUT2D eigenvalue weighted by atomic mass is 9.95. The predicted octanol–water partition coefficient (Wildman–Crippen LogP) is 1.24. The van der Waals surface area contributed by atoms with Gasteiger partial charge < -0.3 is 14.8 Å². The number of ether oxygens (including phenoxy) is 2. The molecule has 1 aliphatic heterocycles. The van der Waals surface area contributed by atoms with E-state index in [2.05, 4.69) is 17.4 Å². The van der Waals surface area contributed by atoms with Gasteiger partial charge in [0.15, 0.2) is 0 Å². The van der Waals surface area contributed by atoms with E-state index < -0.39 is 5.79 Å². The standard InChI is InChI=1S/C11H15NO2/c1-13-11(14-2)8-12-7-9-5-3-4-6-10(9)11/h3-6,12H,7-8H2,1-2H3. The SMILES string of the molecule is COC1(OC)CNCc2ccccc21. The maximum absolute atomic E-state index is 5.47. The fourth-order valence-corrected chi connectivity index (χ4v) is 1.95. The number of hydrogen-bond donors (Lipinski definition) is 1. The number of methoxy groups -OCH3 is 2. The zero-order valence-electron chi connectivity index (χ0n) is 8.54. The van der Waals surface area contributed by atoms with E-state index >= 15 is 0 Å². The molecule has 2 rings (SSSR count). The Morgan fingerprint density at radius 3 is 2.64 bits per heavy atom. The van der Waals surface area contributed by atoms with Crippen molar-refractivity contribution < 1.29 is 9.47 Å². The Labute approximate surface area is 84.0 Å². The maximum Gasteiger partial charge on any atom is 0.207 e. The molecule has 1 aliphatic rings. The molecule has 0 radical (unpaired) electrons. The Morgan fingerprint density at radius 1 is 1.21 bits per heavy atom. The minimum atomic E-state index is -0.616. The van der Waals surface area contributed by atoms with E-state index in [0.29, 0.717) is 6.54 Å². The van der Waals surface area contributed by atoms with Crippen LogP contribution in [0, 0.1) is 0 Å². The Kier molecular flexibility index (Phi) is 2.54. The predicted molar refractivity (Wildman–Crippen MR) is 53.8 cm³/mol. The molecule has 0 aliphatic carbocycles. The summed E-state index contributed by atoms with van der Waals surface area (Å²) in [6.07, 6.45) is 0. The summed E-state index contributed by atoms with van der Waals surface area (Å²) >= 11 is 0. The third-order valence-electron chi connectivity index (χ3n) is 2.76. The van der Waals surface area contributed by atoms with Crippen molar-refractivity contribution in [2.75, 3.05) is 20.8 Å². The molecular weight excluding hydrogens is 178 g/mol. The van der Waals surface area contributed by atoms with Crippen LogP contribution in [0.5, 0.6) is 0 Å². The van der Waals surface area contributed by atoms with Crippen molar-refractivity contribution in [1.29, 1.82) is 0 Å². The van der Waals surface area contributed by atoms with Gasteiger partial charge >= 0.3 is 0 Å². The number of nitrogens with one attached hydrogen (secondary N) is 1. The van der Waals surface area contributed by atoms with E-state index in [1.807, 2.05) is 12.1 Å². The molecule has 0 aromatic heterocycles. The fraction of sp³-hybridized carbons (Fsp3) is 0.455. The first-order valence-corrected chi connectivity index (χ1v) is 4.72. The minimum absolute atomic E-state index is 0.616. The third-order valence-corrected chi connectivity index (χ3v) is 2.76. The topological polar surface area (TPSA) is 30.5 Å². The lowest BCUT2D eigenvalue weighted by Crippen LogP contribution is -2.45. The van der Waals surface area contributed by atoms with Gasteiger partial charge in [-0.3, -0.25) is 0 Å². The zero-order valence-corrected chi connectivity index (χ0v) is 8.54. The molecule has 1 aromatic carbocycles. The summed E-state index contributed by atoms with van der Waals surface area (Å²) in [6.45, 7) is 1.57. The first-order valence-electron chi connectivity index (χ1n) is 4.72.